The summed E-state index contributed by atoms with van der Waals surface area (Å²) in [6.45, 7) is 4.33. The molecule has 1 unspecified atom stereocenters. The third-order valence-corrected chi connectivity index (χ3v) is 3.70. The molecule has 0 aromatic rings. The van der Waals surface area contributed by atoms with E-state index in [1.54, 1.807) is 0 Å². The van der Waals surface area contributed by atoms with Crippen molar-refractivity contribution in [2.75, 3.05) is 7.11 Å². The summed E-state index contributed by atoms with van der Waals surface area (Å²) >= 11 is 0. The van der Waals surface area contributed by atoms with Crippen LogP contribution in [0.1, 0.15) is 39.5 Å². The standard InChI is InChI=1S/C11H21NO2/c1-4-8(5-2)11(6-7-11)9(12)10(13)14-3/h8-9H,4-7,12H2,1-3H3. The van der Waals surface area contributed by atoms with Crippen LogP contribution in [-0.4, -0.2) is 19.1 Å². The third-order valence-electron chi connectivity index (χ3n) is 3.70. The molecule has 0 heterocycles. The lowest BCUT2D eigenvalue weighted by atomic mass is 9.79. The number of carbonyl (C=O) groups is 1. The van der Waals surface area contributed by atoms with E-state index in [9.17, 15) is 4.79 Å². The minimum Gasteiger partial charge on any atom is -0.468 e. The number of hydrogen-bond donors (Lipinski definition) is 1. The van der Waals surface area contributed by atoms with Gasteiger partial charge in [0.05, 0.1) is 7.11 Å². The largest absolute Gasteiger partial charge is 0.468 e. The average molecular weight is 199 g/mol. The molecule has 0 aromatic carbocycles. The molecule has 1 fully saturated rings. The Balaban J connectivity index is 2.69. The molecule has 3 nitrogen and oxygen atoms in total. The molecule has 2 N–H and O–H groups in total. The first-order valence-corrected chi connectivity index (χ1v) is 5.45. The van der Waals surface area contributed by atoms with Crippen LogP contribution in [0.3, 0.4) is 0 Å². The molecular formula is C11H21NO2. The molecular weight excluding hydrogens is 178 g/mol. The SMILES string of the molecule is CCC(CC)C1(C(N)C(=O)OC)CC1. The topological polar surface area (TPSA) is 52.3 Å². The van der Waals surface area contributed by atoms with E-state index in [-0.39, 0.29) is 11.4 Å². The van der Waals surface area contributed by atoms with Crippen molar-refractivity contribution >= 4 is 5.97 Å². The minimum atomic E-state index is -0.419. The first-order valence-electron chi connectivity index (χ1n) is 5.45. The number of methoxy groups -OCH3 is 1. The summed E-state index contributed by atoms with van der Waals surface area (Å²) < 4.78 is 4.71. The monoisotopic (exact) mass is 199 g/mol. The molecule has 1 saturated carbocycles. The Morgan fingerprint density at radius 1 is 1.43 bits per heavy atom. The van der Waals surface area contributed by atoms with Crippen molar-refractivity contribution in [3.63, 3.8) is 0 Å². The summed E-state index contributed by atoms with van der Waals surface area (Å²) in [5.41, 5.74) is 6.00. The Morgan fingerprint density at radius 2 is 1.93 bits per heavy atom. The lowest BCUT2D eigenvalue weighted by molar-refractivity contribution is -0.144. The van der Waals surface area contributed by atoms with E-state index >= 15 is 0 Å². The molecule has 1 rings (SSSR count). The fraction of sp³-hybridized carbons (Fsp3) is 0.909. The summed E-state index contributed by atoms with van der Waals surface area (Å²) in [5.74, 6) is 0.311. The summed E-state index contributed by atoms with van der Waals surface area (Å²) in [6, 6.07) is -0.419. The van der Waals surface area contributed by atoms with Gasteiger partial charge in [0, 0.05) is 0 Å². The van der Waals surface area contributed by atoms with Gasteiger partial charge in [0.2, 0.25) is 0 Å². The van der Waals surface area contributed by atoms with Gasteiger partial charge in [0.1, 0.15) is 6.04 Å². The highest BCUT2D eigenvalue weighted by atomic mass is 16.5. The van der Waals surface area contributed by atoms with Crippen molar-refractivity contribution in [1.82, 2.24) is 0 Å². The normalized spacial score (nSPS) is 20.6. The van der Waals surface area contributed by atoms with Crippen LogP contribution in [0.5, 0.6) is 0 Å². The van der Waals surface area contributed by atoms with E-state index in [1.165, 1.54) is 7.11 Å². The Bertz CT molecular complexity index is 207. The smallest absolute Gasteiger partial charge is 0.323 e. The predicted molar refractivity (Wildman–Crippen MR) is 55.7 cm³/mol. The second-order valence-corrected chi connectivity index (χ2v) is 4.25. The average Bonchev–Trinajstić information content (AvgIpc) is 2.99. The lowest BCUT2D eigenvalue weighted by Crippen LogP contribution is -2.43. The van der Waals surface area contributed by atoms with E-state index in [0.717, 1.165) is 25.7 Å². The van der Waals surface area contributed by atoms with E-state index in [4.69, 9.17) is 10.5 Å². The lowest BCUT2D eigenvalue weighted by Gasteiger charge is -2.28. The maximum absolute atomic E-state index is 11.4. The first-order chi connectivity index (χ1) is 6.62. The van der Waals surface area contributed by atoms with Gasteiger partial charge in [0.25, 0.3) is 0 Å². The maximum Gasteiger partial charge on any atom is 0.323 e. The number of carbonyl (C=O) groups excluding carboxylic acids is 1. The fourth-order valence-corrected chi connectivity index (χ4v) is 2.58. The van der Waals surface area contributed by atoms with Crippen molar-refractivity contribution < 1.29 is 9.53 Å². The Labute approximate surface area is 86.0 Å². The molecule has 0 amide bonds. The van der Waals surface area contributed by atoms with Gasteiger partial charge in [-0.3, -0.25) is 4.79 Å². The van der Waals surface area contributed by atoms with Crippen molar-refractivity contribution in [3.8, 4) is 0 Å². The van der Waals surface area contributed by atoms with Crippen LogP contribution >= 0.6 is 0 Å². The van der Waals surface area contributed by atoms with Crippen LogP contribution < -0.4 is 5.73 Å². The number of nitrogens with two attached hydrogens (primary N) is 1. The second-order valence-electron chi connectivity index (χ2n) is 4.25. The molecule has 0 radical (unpaired) electrons. The van der Waals surface area contributed by atoms with Crippen molar-refractivity contribution in [2.45, 2.75) is 45.6 Å². The molecule has 1 atom stereocenters. The zero-order chi connectivity index (χ0) is 10.8. The highest BCUT2D eigenvalue weighted by Gasteiger charge is 2.54. The van der Waals surface area contributed by atoms with Crippen LogP contribution in [0, 0.1) is 11.3 Å². The number of hydrogen-bond acceptors (Lipinski definition) is 3. The molecule has 82 valence electrons. The Hall–Kier alpha value is -0.570. The van der Waals surface area contributed by atoms with Crippen LogP contribution in [0.2, 0.25) is 0 Å². The highest BCUT2D eigenvalue weighted by molar-refractivity contribution is 5.77. The highest BCUT2D eigenvalue weighted by Crippen LogP contribution is 2.56. The van der Waals surface area contributed by atoms with Gasteiger partial charge in [-0.2, -0.15) is 0 Å². The van der Waals surface area contributed by atoms with E-state index < -0.39 is 6.04 Å². The number of rotatable bonds is 5. The third kappa shape index (κ3) is 1.78. The zero-order valence-corrected chi connectivity index (χ0v) is 9.38. The maximum atomic E-state index is 11.4. The van der Waals surface area contributed by atoms with Crippen molar-refractivity contribution in [2.24, 2.45) is 17.1 Å². The van der Waals surface area contributed by atoms with E-state index in [2.05, 4.69) is 13.8 Å². The Morgan fingerprint density at radius 3 is 2.21 bits per heavy atom. The van der Waals surface area contributed by atoms with E-state index in [1.807, 2.05) is 0 Å². The molecule has 0 aliphatic heterocycles. The van der Waals surface area contributed by atoms with Gasteiger partial charge < -0.3 is 10.5 Å². The van der Waals surface area contributed by atoms with Gasteiger partial charge >= 0.3 is 5.97 Å². The van der Waals surface area contributed by atoms with Crippen LogP contribution in [0.4, 0.5) is 0 Å². The first kappa shape index (κ1) is 11.5. The molecule has 0 bridgehead atoms. The number of esters is 1. The summed E-state index contributed by atoms with van der Waals surface area (Å²) in [4.78, 5) is 11.4. The van der Waals surface area contributed by atoms with Crippen molar-refractivity contribution in [1.29, 1.82) is 0 Å². The summed E-state index contributed by atoms with van der Waals surface area (Å²) in [5, 5.41) is 0. The van der Waals surface area contributed by atoms with Gasteiger partial charge in [-0.1, -0.05) is 26.7 Å². The Kier molecular flexibility index (Phi) is 3.53. The quantitative estimate of drug-likeness (QED) is 0.686. The van der Waals surface area contributed by atoms with Gasteiger partial charge in [0.15, 0.2) is 0 Å². The van der Waals surface area contributed by atoms with Gasteiger partial charge in [-0.05, 0) is 24.2 Å². The van der Waals surface area contributed by atoms with Crippen LogP contribution in [-0.2, 0) is 9.53 Å². The summed E-state index contributed by atoms with van der Waals surface area (Å²) in [7, 11) is 1.41. The fourth-order valence-electron chi connectivity index (χ4n) is 2.58. The molecule has 1 aliphatic carbocycles. The van der Waals surface area contributed by atoms with Gasteiger partial charge in [-0.25, -0.2) is 0 Å². The molecule has 1 aliphatic rings. The van der Waals surface area contributed by atoms with Crippen LogP contribution in [0.15, 0.2) is 0 Å². The number of ether oxygens (including phenoxy) is 1. The summed E-state index contributed by atoms with van der Waals surface area (Å²) in [6.07, 6.45) is 4.35. The molecule has 0 saturated heterocycles. The van der Waals surface area contributed by atoms with E-state index in [0.29, 0.717) is 5.92 Å². The molecule has 14 heavy (non-hydrogen) atoms. The molecule has 0 aromatic heterocycles. The molecule has 3 heteroatoms. The second kappa shape index (κ2) is 4.30. The molecule has 0 spiro atoms. The minimum absolute atomic E-state index is 0.0522. The van der Waals surface area contributed by atoms with Crippen molar-refractivity contribution in [3.05, 3.63) is 0 Å². The van der Waals surface area contributed by atoms with Crippen LogP contribution in [0.25, 0.3) is 0 Å². The zero-order valence-electron chi connectivity index (χ0n) is 9.38. The van der Waals surface area contributed by atoms with Gasteiger partial charge in [-0.15, -0.1) is 0 Å². The predicted octanol–water partition coefficient (Wildman–Crippen LogP) is 1.70.